The predicted molar refractivity (Wildman–Crippen MR) is 129 cm³/mol. The highest BCUT2D eigenvalue weighted by Crippen LogP contribution is 2.30. The molecule has 2 saturated heterocycles. The topological polar surface area (TPSA) is 109 Å². The van der Waals surface area contributed by atoms with Crippen molar-refractivity contribution in [3.05, 3.63) is 46.9 Å². The van der Waals surface area contributed by atoms with E-state index in [1.165, 1.54) is 31.5 Å². The first-order valence-electron chi connectivity index (χ1n) is 11.1. The lowest BCUT2D eigenvalue weighted by Gasteiger charge is -2.37. The lowest BCUT2D eigenvalue weighted by atomic mass is 10.0. The summed E-state index contributed by atoms with van der Waals surface area (Å²) in [5.41, 5.74) is 0.378. The summed E-state index contributed by atoms with van der Waals surface area (Å²) >= 11 is 6.35. The van der Waals surface area contributed by atoms with Crippen molar-refractivity contribution in [1.29, 1.82) is 0 Å². The zero-order chi connectivity index (χ0) is 25.3. The number of carbonyl (C=O) groups excluding carboxylic acids is 2. The predicted octanol–water partition coefficient (Wildman–Crippen LogP) is 2.75. The van der Waals surface area contributed by atoms with Crippen LogP contribution in [-0.2, 0) is 19.4 Å². The Balaban J connectivity index is 1.36. The number of amides is 1. The van der Waals surface area contributed by atoms with Gasteiger partial charge in [0.05, 0.1) is 28.3 Å². The normalized spacial score (nSPS) is 19.2. The molecule has 0 aliphatic carbocycles. The minimum absolute atomic E-state index is 0.0381. The van der Waals surface area contributed by atoms with Gasteiger partial charge in [0.2, 0.25) is 5.91 Å². The number of halogens is 2. The van der Waals surface area contributed by atoms with Gasteiger partial charge in [0.15, 0.2) is 9.84 Å². The molecule has 1 aromatic heterocycles. The van der Waals surface area contributed by atoms with E-state index in [0.29, 0.717) is 49.7 Å². The molecule has 0 radical (unpaired) electrons. The van der Waals surface area contributed by atoms with E-state index in [4.69, 9.17) is 16.3 Å². The molecule has 2 aromatic rings. The van der Waals surface area contributed by atoms with E-state index in [2.05, 4.69) is 10.3 Å². The van der Waals surface area contributed by atoms with Crippen LogP contribution in [0.4, 0.5) is 15.9 Å². The van der Waals surface area contributed by atoms with Crippen LogP contribution in [0, 0.1) is 5.82 Å². The number of nitrogens with one attached hydrogen (secondary N) is 1. The molecule has 1 amide bonds. The second-order valence-corrected chi connectivity index (χ2v) is 11.1. The van der Waals surface area contributed by atoms with Gasteiger partial charge in [-0.1, -0.05) is 11.6 Å². The number of rotatable bonds is 6. The van der Waals surface area contributed by atoms with Gasteiger partial charge in [-0.05, 0) is 43.5 Å². The molecule has 4 rings (SSSR count). The quantitative estimate of drug-likeness (QED) is 0.575. The number of benzene rings is 1. The van der Waals surface area contributed by atoms with Gasteiger partial charge in [-0.25, -0.2) is 22.6 Å². The first-order chi connectivity index (χ1) is 16.6. The van der Waals surface area contributed by atoms with E-state index in [-0.39, 0.29) is 28.1 Å². The summed E-state index contributed by atoms with van der Waals surface area (Å²) in [7, 11) is -2.23. The molecular weight excluding hydrogens is 499 g/mol. The second kappa shape index (κ2) is 9.98. The molecule has 12 heteroatoms. The third-order valence-electron chi connectivity index (χ3n) is 6.39. The highest BCUT2D eigenvalue weighted by Gasteiger charge is 2.37. The Labute approximate surface area is 208 Å². The van der Waals surface area contributed by atoms with Crippen molar-refractivity contribution in [3.63, 3.8) is 0 Å². The average Bonchev–Trinajstić information content (AvgIpc) is 3.19. The fourth-order valence-electron chi connectivity index (χ4n) is 4.51. The summed E-state index contributed by atoms with van der Waals surface area (Å²) in [5.74, 6) is -0.742. The molecule has 0 saturated carbocycles. The van der Waals surface area contributed by atoms with Crippen LogP contribution in [0.2, 0.25) is 5.02 Å². The zero-order valence-corrected chi connectivity index (χ0v) is 20.9. The van der Waals surface area contributed by atoms with Gasteiger partial charge >= 0.3 is 5.97 Å². The number of nitrogens with zero attached hydrogens (tertiary/aromatic N) is 3. The Kier molecular flexibility index (Phi) is 7.18. The van der Waals surface area contributed by atoms with Crippen LogP contribution in [0.5, 0.6) is 0 Å². The number of ether oxygens (including phenoxy) is 1. The maximum absolute atomic E-state index is 14.4. The standard InChI is InChI=1S/C23H26ClFN4O5S/c1-34-23(31)14-11-17(24)21(26-13-14)28-8-5-15(6-9-28)29-10-7-20(22(29)30)27-19-4-3-16(12-18(19)25)35(2,32)33/h3-4,11-13,15,20,27H,5-10H2,1-2H3. The van der Waals surface area contributed by atoms with E-state index in [1.807, 2.05) is 9.80 Å². The van der Waals surface area contributed by atoms with Crippen LogP contribution < -0.4 is 10.2 Å². The lowest BCUT2D eigenvalue weighted by molar-refractivity contribution is -0.130. The Hall–Kier alpha value is -2.92. The van der Waals surface area contributed by atoms with Crippen LogP contribution in [-0.4, -0.2) is 75.3 Å². The first-order valence-corrected chi connectivity index (χ1v) is 13.4. The number of piperidine rings is 1. The third kappa shape index (κ3) is 5.35. The smallest absolute Gasteiger partial charge is 0.339 e. The molecule has 2 aliphatic heterocycles. The molecule has 0 spiro atoms. The minimum Gasteiger partial charge on any atom is -0.465 e. The molecule has 1 unspecified atom stereocenters. The van der Waals surface area contributed by atoms with Crippen molar-refractivity contribution >= 4 is 44.8 Å². The fourth-order valence-corrected chi connectivity index (χ4v) is 5.43. The van der Waals surface area contributed by atoms with Crippen LogP contribution in [0.1, 0.15) is 29.6 Å². The Morgan fingerprint density at radius 3 is 2.51 bits per heavy atom. The van der Waals surface area contributed by atoms with Crippen molar-refractivity contribution < 1.29 is 27.1 Å². The largest absolute Gasteiger partial charge is 0.465 e. The number of methoxy groups -OCH3 is 1. The van der Waals surface area contributed by atoms with Gasteiger partial charge in [-0.15, -0.1) is 0 Å². The molecule has 1 N–H and O–H groups in total. The van der Waals surface area contributed by atoms with Crippen molar-refractivity contribution in [1.82, 2.24) is 9.88 Å². The second-order valence-electron chi connectivity index (χ2n) is 8.67. The van der Waals surface area contributed by atoms with E-state index >= 15 is 0 Å². The molecule has 0 bridgehead atoms. The van der Waals surface area contributed by atoms with Gasteiger partial charge in [-0.3, -0.25) is 4.79 Å². The molecular formula is C23H26ClFN4O5S. The monoisotopic (exact) mass is 524 g/mol. The fraction of sp³-hybridized carbons (Fsp3) is 0.435. The summed E-state index contributed by atoms with van der Waals surface area (Å²) in [5, 5.41) is 3.29. The van der Waals surface area contributed by atoms with E-state index in [9.17, 15) is 22.4 Å². The van der Waals surface area contributed by atoms with Crippen molar-refractivity contribution in [2.24, 2.45) is 0 Å². The van der Waals surface area contributed by atoms with E-state index < -0.39 is 27.7 Å². The number of hydrogen-bond acceptors (Lipinski definition) is 8. The van der Waals surface area contributed by atoms with E-state index in [0.717, 1.165) is 12.3 Å². The molecule has 1 aromatic carbocycles. The molecule has 2 aliphatic rings. The summed E-state index contributed by atoms with van der Waals surface area (Å²) in [6, 6.07) is 4.63. The highest BCUT2D eigenvalue weighted by molar-refractivity contribution is 7.90. The average molecular weight is 525 g/mol. The number of carbonyl (C=O) groups is 2. The lowest BCUT2D eigenvalue weighted by Crippen LogP contribution is -2.47. The summed E-state index contributed by atoms with van der Waals surface area (Å²) < 4.78 is 42.4. The van der Waals surface area contributed by atoms with Crippen LogP contribution in [0.25, 0.3) is 0 Å². The first kappa shape index (κ1) is 25.2. The van der Waals surface area contributed by atoms with Crippen LogP contribution in [0.3, 0.4) is 0 Å². The van der Waals surface area contributed by atoms with Crippen molar-refractivity contribution in [2.45, 2.75) is 36.2 Å². The molecule has 35 heavy (non-hydrogen) atoms. The van der Waals surface area contributed by atoms with E-state index in [1.54, 1.807) is 0 Å². The van der Waals surface area contributed by atoms with Crippen LogP contribution >= 0.6 is 11.6 Å². The third-order valence-corrected chi connectivity index (χ3v) is 7.77. The number of pyridine rings is 1. The molecule has 9 nitrogen and oxygen atoms in total. The Morgan fingerprint density at radius 1 is 1.20 bits per heavy atom. The number of aromatic nitrogens is 1. The minimum atomic E-state index is -3.52. The number of esters is 1. The number of likely N-dealkylation sites (tertiary alicyclic amines) is 1. The summed E-state index contributed by atoms with van der Waals surface area (Å²) in [6.07, 6.45) is 4.40. The SMILES string of the molecule is COC(=O)c1cnc(N2CCC(N3CCC(Nc4ccc(S(C)(=O)=O)cc4F)C3=O)CC2)c(Cl)c1. The number of anilines is 2. The maximum atomic E-state index is 14.4. The van der Waals surface area contributed by atoms with Gasteiger partial charge in [0.25, 0.3) is 0 Å². The maximum Gasteiger partial charge on any atom is 0.339 e. The number of sulfone groups is 1. The Morgan fingerprint density at radius 2 is 1.91 bits per heavy atom. The molecule has 2 fully saturated rings. The molecule has 1 atom stereocenters. The number of hydrogen-bond donors (Lipinski definition) is 1. The van der Waals surface area contributed by atoms with Crippen LogP contribution in [0.15, 0.2) is 35.4 Å². The summed E-state index contributed by atoms with van der Waals surface area (Å²) in [4.78, 5) is 32.8. The van der Waals surface area contributed by atoms with Gasteiger partial charge in [0.1, 0.15) is 17.7 Å². The Bertz CT molecular complexity index is 1250. The van der Waals surface area contributed by atoms with Gasteiger partial charge in [0, 0.05) is 38.1 Å². The van der Waals surface area contributed by atoms with Gasteiger partial charge < -0.3 is 19.9 Å². The van der Waals surface area contributed by atoms with Crippen molar-refractivity contribution in [2.75, 3.05) is 43.2 Å². The summed E-state index contributed by atoms with van der Waals surface area (Å²) in [6.45, 7) is 1.83. The van der Waals surface area contributed by atoms with Crippen molar-refractivity contribution in [3.8, 4) is 0 Å². The zero-order valence-electron chi connectivity index (χ0n) is 19.3. The molecule has 188 valence electrons. The highest BCUT2D eigenvalue weighted by atomic mass is 35.5. The van der Waals surface area contributed by atoms with Gasteiger partial charge in [-0.2, -0.15) is 0 Å². The molecule has 3 heterocycles.